The highest BCUT2D eigenvalue weighted by molar-refractivity contribution is 5.89. The molecule has 0 bridgehead atoms. The molecular formula is C12H14FN3O. The maximum Gasteiger partial charge on any atom is 0.321 e. The fourth-order valence-electron chi connectivity index (χ4n) is 1.29. The minimum Gasteiger partial charge on any atom is -0.326 e. The van der Waals surface area contributed by atoms with Gasteiger partial charge in [0.25, 0.3) is 0 Å². The molecule has 0 radical (unpaired) electrons. The zero-order chi connectivity index (χ0) is 12.8. The number of amides is 2. The van der Waals surface area contributed by atoms with Crippen LogP contribution in [0.1, 0.15) is 6.92 Å². The summed E-state index contributed by atoms with van der Waals surface area (Å²) in [4.78, 5) is 13.1. The summed E-state index contributed by atoms with van der Waals surface area (Å²) in [5, 5.41) is 11.2. The number of nitrogens with zero attached hydrogens (tertiary/aromatic N) is 2. The summed E-state index contributed by atoms with van der Waals surface area (Å²) in [7, 11) is 1.60. The molecule has 0 saturated carbocycles. The molecule has 0 saturated heterocycles. The van der Waals surface area contributed by atoms with Crippen LogP contribution in [-0.4, -0.2) is 24.5 Å². The summed E-state index contributed by atoms with van der Waals surface area (Å²) in [6, 6.07) is 7.23. The minimum absolute atomic E-state index is 0.223. The molecule has 4 nitrogen and oxygen atoms in total. The number of carbonyl (C=O) groups excluding carboxylic acids is 1. The van der Waals surface area contributed by atoms with E-state index >= 15 is 0 Å². The maximum absolute atomic E-state index is 12.6. The van der Waals surface area contributed by atoms with Crippen molar-refractivity contribution in [1.82, 2.24) is 4.90 Å². The summed E-state index contributed by atoms with van der Waals surface area (Å²) in [5.41, 5.74) is 0.521. The molecule has 1 unspecified atom stereocenters. The molecule has 1 aromatic rings. The van der Waals surface area contributed by atoms with E-state index in [9.17, 15) is 9.18 Å². The van der Waals surface area contributed by atoms with Crippen LogP contribution in [0.15, 0.2) is 24.3 Å². The Bertz CT molecular complexity index is 424. The number of hydrogen-bond donors (Lipinski definition) is 1. The first-order valence-corrected chi connectivity index (χ1v) is 5.20. The van der Waals surface area contributed by atoms with Gasteiger partial charge in [-0.3, -0.25) is 0 Å². The van der Waals surface area contributed by atoms with E-state index in [1.807, 2.05) is 0 Å². The van der Waals surface area contributed by atoms with E-state index in [-0.39, 0.29) is 17.8 Å². The number of carbonyl (C=O) groups is 1. The SMILES string of the molecule is CC(C#N)CN(C)C(=O)Nc1ccc(F)cc1. The molecule has 0 aliphatic heterocycles. The zero-order valence-corrected chi connectivity index (χ0v) is 9.77. The van der Waals surface area contributed by atoms with E-state index in [2.05, 4.69) is 11.4 Å². The fraction of sp³-hybridized carbons (Fsp3) is 0.333. The van der Waals surface area contributed by atoms with Crippen molar-refractivity contribution < 1.29 is 9.18 Å². The third-order valence-corrected chi connectivity index (χ3v) is 2.21. The fourth-order valence-corrected chi connectivity index (χ4v) is 1.29. The first-order chi connectivity index (χ1) is 8.02. The number of urea groups is 1. The lowest BCUT2D eigenvalue weighted by Crippen LogP contribution is -2.34. The Kier molecular flexibility index (Phi) is 4.46. The van der Waals surface area contributed by atoms with Gasteiger partial charge in [0.15, 0.2) is 0 Å². The van der Waals surface area contributed by atoms with Crippen molar-refractivity contribution in [3.05, 3.63) is 30.1 Å². The molecule has 1 atom stereocenters. The van der Waals surface area contributed by atoms with Gasteiger partial charge in [0.05, 0.1) is 12.0 Å². The summed E-state index contributed by atoms with van der Waals surface area (Å²) in [6.45, 7) is 2.09. The second-order valence-corrected chi connectivity index (χ2v) is 3.85. The van der Waals surface area contributed by atoms with Crippen LogP contribution in [0.25, 0.3) is 0 Å². The monoisotopic (exact) mass is 235 g/mol. The molecule has 1 aromatic carbocycles. The first-order valence-electron chi connectivity index (χ1n) is 5.20. The van der Waals surface area contributed by atoms with Crippen LogP contribution in [0.4, 0.5) is 14.9 Å². The van der Waals surface area contributed by atoms with E-state index in [0.717, 1.165) is 0 Å². The number of nitriles is 1. The highest BCUT2D eigenvalue weighted by Crippen LogP contribution is 2.09. The van der Waals surface area contributed by atoms with Crippen molar-refractivity contribution in [2.24, 2.45) is 5.92 Å². The highest BCUT2D eigenvalue weighted by Gasteiger charge is 2.11. The van der Waals surface area contributed by atoms with Crippen molar-refractivity contribution in [1.29, 1.82) is 5.26 Å². The van der Waals surface area contributed by atoms with Crippen LogP contribution in [0.5, 0.6) is 0 Å². The van der Waals surface area contributed by atoms with E-state index in [1.54, 1.807) is 14.0 Å². The highest BCUT2D eigenvalue weighted by atomic mass is 19.1. The molecular weight excluding hydrogens is 221 g/mol. The minimum atomic E-state index is -0.352. The van der Waals surface area contributed by atoms with Gasteiger partial charge in [0.2, 0.25) is 0 Å². The second kappa shape index (κ2) is 5.85. The molecule has 17 heavy (non-hydrogen) atoms. The normalized spacial score (nSPS) is 11.4. The quantitative estimate of drug-likeness (QED) is 0.874. The smallest absolute Gasteiger partial charge is 0.321 e. The molecule has 0 aliphatic carbocycles. The van der Waals surface area contributed by atoms with Crippen molar-refractivity contribution in [3.8, 4) is 6.07 Å². The molecule has 1 N–H and O–H groups in total. The van der Waals surface area contributed by atoms with Gasteiger partial charge < -0.3 is 10.2 Å². The Hall–Kier alpha value is -2.09. The van der Waals surface area contributed by atoms with E-state index in [1.165, 1.54) is 29.2 Å². The molecule has 2 amide bonds. The standard InChI is InChI=1S/C12H14FN3O/c1-9(7-14)8-16(2)12(17)15-11-5-3-10(13)4-6-11/h3-6,9H,8H2,1-2H3,(H,15,17). The summed E-state index contributed by atoms with van der Waals surface area (Å²) >= 11 is 0. The molecule has 1 rings (SSSR count). The van der Waals surface area contributed by atoms with Crippen LogP contribution in [0, 0.1) is 23.1 Å². The lowest BCUT2D eigenvalue weighted by Gasteiger charge is -2.18. The van der Waals surface area contributed by atoms with Gasteiger partial charge >= 0.3 is 6.03 Å². The first kappa shape index (κ1) is 13.0. The van der Waals surface area contributed by atoms with Crippen molar-refractivity contribution in [3.63, 3.8) is 0 Å². The summed E-state index contributed by atoms with van der Waals surface area (Å²) in [5.74, 6) is -0.576. The Balaban J connectivity index is 2.54. The Morgan fingerprint density at radius 3 is 2.65 bits per heavy atom. The van der Waals surface area contributed by atoms with Crippen molar-refractivity contribution in [2.45, 2.75) is 6.92 Å². The molecule has 5 heteroatoms. The number of halogens is 1. The average molecular weight is 235 g/mol. The van der Waals surface area contributed by atoms with E-state index in [4.69, 9.17) is 5.26 Å². The van der Waals surface area contributed by atoms with Gasteiger partial charge in [-0.1, -0.05) is 0 Å². The third kappa shape index (κ3) is 4.11. The lowest BCUT2D eigenvalue weighted by molar-refractivity contribution is 0.219. The van der Waals surface area contributed by atoms with Gasteiger partial charge in [-0.15, -0.1) is 0 Å². The molecule has 0 fully saturated rings. The maximum atomic E-state index is 12.6. The number of anilines is 1. The van der Waals surface area contributed by atoms with Crippen LogP contribution >= 0.6 is 0 Å². The summed E-state index contributed by atoms with van der Waals surface area (Å²) < 4.78 is 12.6. The Labute approximate surface area is 99.7 Å². The summed E-state index contributed by atoms with van der Waals surface area (Å²) in [6.07, 6.45) is 0. The zero-order valence-electron chi connectivity index (χ0n) is 9.77. The van der Waals surface area contributed by atoms with Crippen LogP contribution in [0.2, 0.25) is 0 Å². The van der Waals surface area contributed by atoms with Crippen LogP contribution in [0.3, 0.4) is 0 Å². The average Bonchev–Trinajstić information content (AvgIpc) is 2.31. The second-order valence-electron chi connectivity index (χ2n) is 3.85. The van der Waals surface area contributed by atoms with E-state index < -0.39 is 0 Å². The molecule has 0 spiro atoms. The number of hydrogen-bond acceptors (Lipinski definition) is 2. The Morgan fingerprint density at radius 1 is 1.53 bits per heavy atom. The largest absolute Gasteiger partial charge is 0.326 e. The van der Waals surface area contributed by atoms with Crippen LogP contribution < -0.4 is 5.32 Å². The number of nitrogens with one attached hydrogen (secondary N) is 1. The van der Waals surface area contributed by atoms with Gasteiger partial charge in [-0.25, -0.2) is 9.18 Å². The molecule has 90 valence electrons. The van der Waals surface area contributed by atoms with Crippen LogP contribution in [-0.2, 0) is 0 Å². The molecule has 0 aromatic heterocycles. The Morgan fingerprint density at radius 2 is 2.12 bits per heavy atom. The van der Waals surface area contributed by atoms with Gasteiger partial charge in [0, 0.05) is 19.3 Å². The predicted molar refractivity (Wildman–Crippen MR) is 62.8 cm³/mol. The van der Waals surface area contributed by atoms with Gasteiger partial charge in [-0.05, 0) is 31.2 Å². The van der Waals surface area contributed by atoms with Gasteiger partial charge in [0.1, 0.15) is 5.82 Å². The van der Waals surface area contributed by atoms with E-state index in [0.29, 0.717) is 12.2 Å². The van der Waals surface area contributed by atoms with Crippen molar-refractivity contribution >= 4 is 11.7 Å². The molecule has 0 aliphatic rings. The number of rotatable bonds is 3. The predicted octanol–water partition coefficient (Wildman–Crippen LogP) is 2.45. The van der Waals surface area contributed by atoms with Crippen molar-refractivity contribution in [2.75, 3.05) is 18.9 Å². The molecule has 0 heterocycles. The third-order valence-electron chi connectivity index (χ3n) is 2.21. The number of benzene rings is 1. The lowest BCUT2D eigenvalue weighted by atomic mass is 10.2. The topological polar surface area (TPSA) is 56.1 Å². The van der Waals surface area contributed by atoms with Gasteiger partial charge in [-0.2, -0.15) is 5.26 Å².